The third kappa shape index (κ3) is 4.32. The van der Waals surface area contributed by atoms with Crippen LogP contribution in [-0.4, -0.2) is 21.4 Å². The second kappa shape index (κ2) is 7.74. The van der Waals surface area contributed by atoms with Gasteiger partial charge < -0.3 is 4.42 Å². The van der Waals surface area contributed by atoms with Gasteiger partial charge in [-0.1, -0.05) is 25.0 Å². The molecular formula is C20H21N3O2S. The molecule has 1 aromatic heterocycles. The molecule has 3 aromatic rings. The van der Waals surface area contributed by atoms with Gasteiger partial charge in [-0.05, 0) is 61.4 Å². The van der Waals surface area contributed by atoms with Crippen LogP contribution in [0.5, 0.6) is 0 Å². The zero-order chi connectivity index (χ0) is 18.7. The number of benzene rings is 2. The number of hydrogen-bond acceptors (Lipinski definition) is 5. The Bertz CT molecular complexity index is 917. The lowest BCUT2D eigenvalue weighted by Crippen LogP contribution is -2.11. The Morgan fingerprint density at radius 3 is 2.42 bits per heavy atom. The zero-order valence-electron chi connectivity index (χ0n) is 15.2. The predicted octanol–water partition coefficient (Wildman–Crippen LogP) is 5.11. The number of amides is 1. The van der Waals surface area contributed by atoms with E-state index in [1.165, 1.54) is 5.56 Å². The van der Waals surface area contributed by atoms with Crippen LogP contribution in [0.2, 0.25) is 0 Å². The minimum atomic E-state index is -0.276. The monoisotopic (exact) mass is 367 g/mol. The van der Waals surface area contributed by atoms with Crippen molar-refractivity contribution in [2.45, 2.75) is 37.8 Å². The number of nitrogens with one attached hydrogen (secondary N) is 1. The highest BCUT2D eigenvalue weighted by molar-refractivity contribution is 7.99. The van der Waals surface area contributed by atoms with Crippen molar-refractivity contribution in [1.82, 2.24) is 10.2 Å². The topological polar surface area (TPSA) is 68.0 Å². The number of carbonyl (C=O) groups is 1. The summed E-state index contributed by atoms with van der Waals surface area (Å²) in [6.45, 7) is 8.34. The van der Waals surface area contributed by atoms with Gasteiger partial charge in [0.25, 0.3) is 5.91 Å². The molecular weight excluding hydrogens is 346 g/mol. The maximum atomic E-state index is 12.3. The highest BCUT2D eigenvalue weighted by Crippen LogP contribution is 2.24. The number of nitrogens with zero attached hydrogens (tertiary/aromatic N) is 2. The molecule has 0 atom stereocenters. The number of hydrogen-bond donors (Lipinski definition) is 1. The second-order valence-corrected chi connectivity index (χ2v) is 8.01. The Kier molecular flexibility index (Phi) is 5.42. The number of aromatic nitrogens is 2. The van der Waals surface area contributed by atoms with Crippen LogP contribution < -0.4 is 5.32 Å². The lowest BCUT2D eigenvalue weighted by molar-refractivity contribution is 0.102. The van der Waals surface area contributed by atoms with Gasteiger partial charge in [0.2, 0.25) is 5.89 Å². The quantitative estimate of drug-likeness (QED) is 0.635. The molecule has 0 aliphatic carbocycles. The summed E-state index contributed by atoms with van der Waals surface area (Å²) in [6.07, 6.45) is 0. The molecule has 0 spiro atoms. The van der Waals surface area contributed by atoms with Crippen LogP contribution in [0.4, 0.5) is 6.01 Å². The van der Waals surface area contributed by atoms with Crippen LogP contribution in [-0.2, 0) is 0 Å². The molecule has 3 rings (SSSR count). The summed E-state index contributed by atoms with van der Waals surface area (Å²) in [5.41, 5.74) is 3.71. The van der Waals surface area contributed by atoms with Crippen LogP contribution in [0.25, 0.3) is 11.5 Å². The number of rotatable bonds is 5. The number of carbonyl (C=O) groups excluding carboxylic acids is 1. The predicted molar refractivity (Wildman–Crippen MR) is 105 cm³/mol. The molecule has 0 aliphatic heterocycles. The molecule has 0 saturated heterocycles. The average Bonchev–Trinajstić information content (AvgIpc) is 3.06. The van der Waals surface area contributed by atoms with Crippen molar-refractivity contribution in [3.05, 3.63) is 59.2 Å². The standard InChI is InChI=1S/C20H21N3O2S/c1-12(2)26-17-9-7-15(8-10-17)18(24)21-20-23-22-19(25-20)16-6-5-13(3)14(4)11-16/h5-12H,1-4H3,(H,21,23,24). The van der Waals surface area contributed by atoms with Gasteiger partial charge in [-0.3, -0.25) is 10.1 Å². The first-order chi connectivity index (χ1) is 12.4. The van der Waals surface area contributed by atoms with Gasteiger partial charge in [-0.2, -0.15) is 0 Å². The maximum absolute atomic E-state index is 12.3. The third-order valence-electron chi connectivity index (χ3n) is 3.89. The van der Waals surface area contributed by atoms with E-state index in [0.29, 0.717) is 16.7 Å². The smallest absolute Gasteiger partial charge is 0.322 e. The van der Waals surface area contributed by atoms with E-state index >= 15 is 0 Å². The van der Waals surface area contributed by atoms with Gasteiger partial charge in [0.05, 0.1) is 0 Å². The molecule has 1 N–H and O–H groups in total. The van der Waals surface area contributed by atoms with Crippen LogP contribution in [0, 0.1) is 13.8 Å². The molecule has 0 aliphatic rings. The van der Waals surface area contributed by atoms with Crippen molar-refractivity contribution in [3.8, 4) is 11.5 Å². The molecule has 0 radical (unpaired) electrons. The van der Waals surface area contributed by atoms with Gasteiger partial charge in [0.15, 0.2) is 0 Å². The maximum Gasteiger partial charge on any atom is 0.322 e. The first-order valence-electron chi connectivity index (χ1n) is 8.41. The summed E-state index contributed by atoms with van der Waals surface area (Å²) in [4.78, 5) is 13.5. The van der Waals surface area contributed by atoms with E-state index in [4.69, 9.17) is 4.42 Å². The molecule has 1 amide bonds. The van der Waals surface area contributed by atoms with Crippen molar-refractivity contribution >= 4 is 23.7 Å². The van der Waals surface area contributed by atoms with Crippen LogP contribution >= 0.6 is 11.8 Å². The van der Waals surface area contributed by atoms with Crippen LogP contribution in [0.3, 0.4) is 0 Å². The van der Waals surface area contributed by atoms with E-state index in [1.807, 2.05) is 44.2 Å². The van der Waals surface area contributed by atoms with Crippen molar-refractivity contribution in [2.24, 2.45) is 0 Å². The van der Waals surface area contributed by atoms with Crippen molar-refractivity contribution in [3.63, 3.8) is 0 Å². The normalized spacial score (nSPS) is 11.0. The summed E-state index contributed by atoms with van der Waals surface area (Å²) < 4.78 is 5.57. The summed E-state index contributed by atoms with van der Waals surface area (Å²) in [5, 5.41) is 11.1. The third-order valence-corrected chi connectivity index (χ3v) is 4.90. The summed E-state index contributed by atoms with van der Waals surface area (Å²) >= 11 is 1.75. The van der Waals surface area contributed by atoms with Crippen LogP contribution in [0.1, 0.15) is 35.3 Å². The first-order valence-corrected chi connectivity index (χ1v) is 9.29. The molecule has 6 heteroatoms. The number of thioether (sulfide) groups is 1. The Hall–Kier alpha value is -2.60. The minimum Gasteiger partial charge on any atom is -0.403 e. The van der Waals surface area contributed by atoms with E-state index in [-0.39, 0.29) is 11.9 Å². The van der Waals surface area contributed by atoms with Gasteiger partial charge in [-0.15, -0.1) is 16.9 Å². The van der Waals surface area contributed by atoms with Crippen molar-refractivity contribution in [1.29, 1.82) is 0 Å². The summed E-state index contributed by atoms with van der Waals surface area (Å²) in [6, 6.07) is 13.5. The fourth-order valence-electron chi connectivity index (χ4n) is 2.39. The molecule has 0 fully saturated rings. The first kappa shape index (κ1) is 18.2. The summed E-state index contributed by atoms with van der Waals surface area (Å²) in [5.74, 6) is 0.105. The highest BCUT2D eigenvalue weighted by Gasteiger charge is 2.13. The highest BCUT2D eigenvalue weighted by atomic mass is 32.2. The van der Waals surface area contributed by atoms with E-state index in [0.717, 1.165) is 16.0 Å². The fraction of sp³-hybridized carbons (Fsp3) is 0.250. The van der Waals surface area contributed by atoms with Gasteiger partial charge in [0.1, 0.15) is 0 Å². The molecule has 0 unspecified atom stereocenters. The van der Waals surface area contributed by atoms with E-state index in [9.17, 15) is 4.79 Å². The molecule has 0 bridgehead atoms. The SMILES string of the molecule is Cc1ccc(-c2nnc(NC(=O)c3ccc(SC(C)C)cc3)o2)cc1C. The molecule has 1 heterocycles. The van der Waals surface area contributed by atoms with Crippen molar-refractivity contribution < 1.29 is 9.21 Å². The largest absolute Gasteiger partial charge is 0.403 e. The molecule has 26 heavy (non-hydrogen) atoms. The molecule has 134 valence electrons. The van der Waals surface area contributed by atoms with Crippen molar-refractivity contribution in [2.75, 3.05) is 5.32 Å². The number of anilines is 1. The van der Waals surface area contributed by atoms with Gasteiger partial charge >= 0.3 is 6.01 Å². The fourth-order valence-corrected chi connectivity index (χ4v) is 3.23. The lowest BCUT2D eigenvalue weighted by atomic mass is 10.1. The Balaban J connectivity index is 1.70. The second-order valence-electron chi connectivity index (χ2n) is 6.36. The molecule has 2 aromatic carbocycles. The van der Waals surface area contributed by atoms with E-state index in [2.05, 4.69) is 29.4 Å². The van der Waals surface area contributed by atoms with Gasteiger partial charge in [-0.25, -0.2) is 0 Å². The Morgan fingerprint density at radius 2 is 1.77 bits per heavy atom. The lowest BCUT2D eigenvalue weighted by Gasteiger charge is -2.05. The van der Waals surface area contributed by atoms with E-state index in [1.54, 1.807) is 23.9 Å². The Morgan fingerprint density at radius 1 is 1.04 bits per heavy atom. The number of aryl methyl sites for hydroxylation is 2. The molecule has 5 nitrogen and oxygen atoms in total. The van der Waals surface area contributed by atoms with Gasteiger partial charge in [0, 0.05) is 21.3 Å². The zero-order valence-corrected chi connectivity index (χ0v) is 16.1. The Labute approximate surface area is 157 Å². The molecule has 0 saturated carbocycles. The summed E-state index contributed by atoms with van der Waals surface area (Å²) in [7, 11) is 0. The average molecular weight is 367 g/mol. The minimum absolute atomic E-state index is 0.0869. The van der Waals surface area contributed by atoms with Crippen LogP contribution in [0.15, 0.2) is 51.8 Å². The van der Waals surface area contributed by atoms with E-state index < -0.39 is 0 Å².